The Bertz CT molecular complexity index is 937. The maximum Gasteiger partial charge on any atom is 0.277 e. The van der Waals surface area contributed by atoms with Gasteiger partial charge in [0.1, 0.15) is 11.3 Å². The minimum absolute atomic E-state index is 0.0112. The molecular weight excluding hydrogens is 292 g/mol. The molecule has 0 radical (unpaired) electrons. The number of imidazole rings is 1. The number of fused-ring (bicyclic) bond motifs is 3. The first kappa shape index (κ1) is 15.5. The van der Waals surface area contributed by atoms with Gasteiger partial charge in [-0.25, -0.2) is 4.98 Å². The van der Waals surface area contributed by atoms with Crippen LogP contribution in [0.1, 0.15) is 32.3 Å². The van der Waals surface area contributed by atoms with Crippen LogP contribution < -0.4 is 10.3 Å². The Balaban J connectivity index is 2.54. The number of nitrogens with zero attached hydrogens (tertiary/aromatic N) is 4. The molecule has 0 unspecified atom stereocenters. The first-order valence-electron chi connectivity index (χ1n) is 7.93. The molecule has 0 fully saturated rings. The van der Waals surface area contributed by atoms with Crippen molar-refractivity contribution >= 4 is 16.7 Å². The number of pyridine rings is 1. The van der Waals surface area contributed by atoms with Crippen LogP contribution in [0.2, 0.25) is 0 Å². The molecule has 0 aliphatic heterocycles. The smallest absolute Gasteiger partial charge is 0.277 e. The van der Waals surface area contributed by atoms with E-state index < -0.39 is 0 Å². The van der Waals surface area contributed by atoms with Crippen LogP contribution in [0.25, 0.3) is 16.7 Å². The molecule has 3 heterocycles. The van der Waals surface area contributed by atoms with E-state index in [0.717, 1.165) is 29.1 Å². The van der Waals surface area contributed by atoms with Crippen LogP contribution >= 0.6 is 0 Å². The van der Waals surface area contributed by atoms with Crippen LogP contribution in [0.4, 0.5) is 0 Å². The van der Waals surface area contributed by atoms with Gasteiger partial charge in [-0.3, -0.25) is 9.20 Å². The SMILES string of the molecule is CCc1nc(C)c2c(=O)n(CC(C)C)c3ccc(OC)nc3n12. The van der Waals surface area contributed by atoms with E-state index in [2.05, 4.69) is 23.8 Å². The van der Waals surface area contributed by atoms with E-state index in [1.807, 2.05) is 24.3 Å². The van der Waals surface area contributed by atoms with Crippen LogP contribution in [-0.4, -0.2) is 26.0 Å². The molecule has 0 spiro atoms. The number of aromatic nitrogens is 4. The lowest BCUT2D eigenvalue weighted by atomic mass is 10.2. The van der Waals surface area contributed by atoms with Gasteiger partial charge in [0.25, 0.3) is 5.56 Å². The molecule has 3 aromatic rings. The van der Waals surface area contributed by atoms with Crippen molar-refractivity contribution < 1.29 is 4.74 Å². The van der Waals surface area contributed by atoms with Crippen molar-refractivity contribution in [1.29, 1.82) is 0 Å². The third-order valence-electron chi connectivity index (χ3n) is 3.97. The summed E-state index contributed by atoms with van der Waals surface area (Å²) in [5.41, 5.74) is 2.87. The molecule has 0 atom stereocenters. The van der Waals surface area contributed by atoms with Crippen molar-refractivity contribution in [2.75, 3.05) is 7.11 Å². The largest absolute Gasteiger partial charge is 0.481 e. The number of methoxy groups -OCH3 is 1. The second-order valence-corrected chi connectivity index (χ2v) is 6.16. The van der Waals surface area contributed by atoms with Gasteiger partial charge in [0.05, 0.1) is 18.3 Å². The highest BCUT2D eigenvalue weighted by molar-refractivity contribution is 5.77. The van der Waals surface area contributed by atoms with Gasteiger partial charge in [-0.05, 0) is 18.9 Å². The molecule has 122 valence electrons. The summed E-state index contributed by atoms with van der Waals surface area (Å²) in [5.74, 6) is 1.73. The predicted molar refractivity (Wildman–Crippen MR) is 90.3 cm³/mol. The summed E-state index contributed by atoms with van der Waals surface area (Å²) >= 11 is 0. The second-order valence-electron chi connectivity index (χ2n) is 6.16. The maximum absolute atomic E-state index is 13.0. The fraction of sp³-hybridized carbons (Fsp3) is 0.471. The molecule has 0 saturated heterocycles. The van der Waals surface area contributed by atoms with E-state index in [-0.39, 0.29) is 5.56 Å². The number of aryl methyl sites for hydroxylation is 2. The van der Waals surface area contributed by atoms with Gasteiger partial charge in [-0.15, -0.1) is 0 Å². The van der Waals surface area contributed by atoms with Crippen LogP contribution in [0.15, 0.2) is 16.9 Å². The number of ether oxygens (including phenoxy) is 1. The molecular formula is C17H22N4O2. The zero-order valence-electron chi connectivity index (χ0n) is 14.3. The highest BCUT2D eigenvalue weighted by Crippen LogP contribution is 2.21. The van der Waals surface area contributed by atoms with Gasteiger partial charge in [0, 0.05) is 19.0 Å². The highest BCUT2D eigenvalue weighted by Gasteiger charge is 2.19. The summed E-state index contributed by atoms with van der Waals surface area (Å²) in [6.07, 6.45) is 0.733. The molecule has 0 aliphatic rings. The lowest BCUT2D eigenvalue weighted by Gasteiger charge is -2.15. The van der Waals surface area contributed by atoms with Crippen molar-refractivity contribution in [3.63, 3.8) is 0 Å². The Kier molecular flexibility index (Phi) is 3.83. The molecule has 0 bridgehead atoms. The van der Waals surface area contributed by atoms with Crippen LogP contribution in [-0.2, 0) is 13.0 Å². The average Bonchev–Trinajstić information content (AvgIpc) is 2.87. The second kappa shape index (κ2) is 5.68. The third kappa shape index (κ3) is 2.38. The summed E-state index contributed by atoms with van der Waals surface area (Å²) in [7, 11) is 1.59. The Labute approximate surface area is 134 Å². The molecule has 0 N–H and O–H groups in total. The first-order chi connectivity index (χ1) is 11.0. The molecule has 3 rings (SSSR count). The van der Waals surface area contributed by atoms with Crippen LogP contribution in [0.5, 0.6) is 5.88 Å². The topological polar surface area (TPSA) is 61.4 Å². The molecule has 23 heavy (non-hydrogen) atoms. The summed E-state index contributed by atoms with van der Waals surface area (Å²) in [4.78, 5) is 22.2. The summed E-state index contributed by atoms with van der Waals surface area (Å²) in [6.45, 7) is 8.74. The summed E-state index contributed by atoms with van der Waals surface area (Å²) in [6, 6.07) is 3.69. The molecule has 6 heteroatoms. The molecule has 3 aromatic heterocycles. The van der Waals surface area contributed by atoms with Crippen LogP contribution in [0, 0.1) is 12.8 Å². The molecule has 0 amide bonds. The fourth-order valence-electron chi connectivity index (χ4n) is 3.00. The van der Waals surface area contributed by atoms with E-state index in [1.165, 1.54) is 0 Å². The molecule has 0 aliphatic carbocycles. The van der Waals surface area contributed by atoms with Gasteiger partial charge >= 0.3 is 0 Å². The minimum atomic E-state index is -0.0112. The van der Waals surface area contributed by atoms with Gasteiger partial charge < -0.3 is 9.30 Å². The zero-order valence-corrected chi connectivity index (χ0v) is 14.3. The van der Waals surface area contributed by atoms with Crippen molar-refractivity contribution in [3.05, 3.63) is 34.0 Å². The Morgan fingerprint density at radius 1 is 1.26 bits per heavy atom. The van der Waals surface area contributed by atoms with Crippen molar-refractivity contribution in [2.24, 2.45) is 5.92 Å². The lowest BCUT2D eigenvalue weighted by Crippen LogP contribution is -2.26. The Hall–Kier alpha value is -2.37. The average molecular weight is 314 g/mol. The standard InChI is InChI=1S/C17H22N4O2/c1-6-13-18-11(4)15-17(22)20(9-10(2)3)12-7-8-14(23-5)19-16(12)21(13)15/h7-8,10H,6,9H2,1-5H3. The van der Waals surface area contributed by atoms with Crippen LogP contribution in [0.3, 0.4) is 0 Å². The third-order valence-corrected chi connectivity index (χ3v) is 3.97. The summed E-state index contributed by atoms with van der Waals surface area (Å²) < 4.78 is 8.95. The van der Waals surface area contributed by atoms with Gasteiger partial charge in [0.2, 0.25) is 5.88 Å². The highest BCUT2D eigenvalue weighted by atomic mass is 16.5. The van der Waals surface area contributed by atoms with Crippen molar-refractivity contribution in [3.8, 4) is 5.88 Å². The van der Waals surface area contributed by atoms with Gasteiger partial charge in [0.15, 0.2) is 5.65 Å². The summed E-state index contributed by atoms with van der Waals surface area (Å²) in [5, 5.41) is 0. The zero-order chi connectivity index (χ0) is 16.7. The van der Waals surface area contributed by atoms with E-state index in [0.29, 0.717) is 23.9 Å². The van der Waals surface area contributed by atoms with E-state index in [9.17, 15) is 4.79 Å². The van der Waals surface area contributed by atoms with E-state index >= 15 is 0 Å². The molecule has 0 saturated carbocycles. The number of hydrogen-bond donors (Lipinski definition) is 0. The number of rotatable bonds is 4. The van der Waals surface area contributed by atoms with E-state index in [4.69, 9.17) is 4.74 Å². The van der Waals surface area contributed by atoms with Crippen molar-refractivity contribution in [1.82, 2.24) is 18.9 Å². The maximum atomic E-state index is 13.0. The van der Waals surface area contributed by atoms with E-state index in [1.54, 1.807) is 17.7 Å². The minimum Gasteiger partial charge on any atom is -0.481 e. The molecule has 0 aromatic carbocycles. The lowest BCUT2D eigenvalue weighted by molar-refractivity contribution is 0.399. The Morgan fingerprint density at radius 3 is 2.61 bits per heavy atom. The fourth-order valence-corrected chi connectivity index (χ4v) is 3.00. The monoisotopic (exact) mass is 314 g/mol. The van der Waals surface area contributed by atoms with Gasteiger partial charge in [-0.2, -0.15) is 4.98 Å². The number of hydrogen-bond acceptors (Lipinski definition) is 4. The van der Waals surface area contributed by atoms with Crippen molar-refractivity contribution in [2.45, 2.75) is 40.7 Å². The molecule has 6 nitrogen and oxygen atoms in total. The Morgan fingerprint density at radius 2 is 2.00 bits per heavy atom. The predicted octanol–water partition coefficient (Wildman–Crippen LogP) is 2.58. The quantitative estimate of drug-likeness (QED) is 0.742. The van der Waals surface area contributed by atoms with Gasteiger partial charge in [-0.1, -0.05) is 20.8 Å². The first-order valence-corrected chi connectivity index (χ1v) is 7.93. The normalized spacial score (nSPS) is 11.7.